The molecule has 1 aromatic rings. The van der Waals surface area contributed by atoms with E-state index < -0.39 is 0 Å². The van der Waals surface area contributed by atoms with Crippen LogP contribution in [0.5, 0.6) is 11.5 Å². The first-order valence-electron chi connectivity index (χ1n) is 5.14. The van der Waals surface area contributed by atoms with Crippen LogP contribution in [0.25, 0.3) is 0 Å². The summed E-state index contributed by atoms with van der Waals surface area (Å²) in [4.78, 5) is 0. The van der Waals surface area contributed by atoms with Gasteiger partial charge in [-0.05, 0) is 31.6 Å². The van der Waals surface area contributed by atoms with Crippen LogP contribution in [0.4, 0.5) is 5.69 Å². The molecule has 2 rings (SSSR count). The lowest BCUT2D eigenvalue weighted by Gasteiger charge is -2.20. The molecule has 0 spiro atoms. The standard InChI is InChI=1S/C11H16N2O2/c1-13-3-2-8-6-10-11(7-9(8)12)15-5-4-14-10/h6-7,13H,2-5,12H2,1H3. The third-order valence-electron chi connectivity index (χ3n) is 2.45. The van der Waals surface area contributed by atoms with Gasteiger partial charge in [0.05, 0.1) is 0 Å². The Labute approximate surface area is 89.4 Å². The molecular weight excluding hydrogens is 192 g/mol. The minimum Gasteiger partial charge on any atom is -0.486 e. The summed E-state index contributed by atoms with van der Waals surface area (Å²) in [6.07, 6.45) is 0.902. The Morgan fingerprint density at radius 1 is 1.27 bits per heavy atom. The van der Waals surface area contributed by atoms with Crippen molar-refractivity contribution in [3.8, 4) is 11.5 Å². The Bertz CT molecular complexity index is 353. The maximum Gasteiger partial charge on any atom is 0.163 e. The number of hydrogen-bond donors (Lipinski definition) is 2. The van der Waals surface area contributed by atoms with Crippen LogP contribution in [0.15, 0.2) is 12.1 Å². The van der Waals surface area contributed by atoms with Gasteiger partial charge in [-0.3, -0.25) is 0 Å². The van der Waals surface area contributed by atoms with Crippen molar-refractivity contribution >= 4 is 5.69 Å². The summed E-state index contributed by atoms with van der Waals surface area (Å²) in [7, 11) is 1.92. The SMILES string of the molecule is CNCCc1cc2c(cc1N)OCCO2. The van der Waals surface area contributed by atoms with Crippen LogP contribution in [0, 0.1) is 0 Å². The molecule has 1 aliphatic rings. The summed E-state index contributed by atoms with van der Waals surface area (Å²) < 4.78 is 10.9. The van der Waals surface area contributed by atoms with Gasteiger partial charge in [-0.25, -0.2) is 0 Å². The minimum absolute atomic E-state index is 0.600. The molecule has 15 heavy (non-hydrogen) atoms. The van der Waals surface area contributed by atoms with Crippen molar-refractivity contribution < 1.29 is 9.47 Å². The highest BCUT2D eigenvalue weighted by atomic mass is 16.6. The van der Waals surface area contributed by atoms with Gasteiger partial charge in [0.1, 0.15) is 13.2 Å². The van der Waals surface area contributed by atoms with Crippen LogP contribution >= 0.6 is 0 Å². The van der Waals surface area contributed by atoms with Gasteiger partial charge in [0.25, 0.3) is 0 Å². The Morgan fingerprint density at radius 2 is 1.93 bits per heavy atom. The topological polar surface area (TPSA) is 56.5 Å². The fourth-order valence-corrected chi connectivity index (χ4v) is 1.62. The summed E-state index contributed by atoms with van der Waals surface area (Å²) in [6, 6.07) is 3.82. The van der Waals surface area contributed by atoms with E-state index in [4.69, 9.17) is 15.2 Å². The molecule has 82 valence electrons. The smallest absolute Gasteiger partial charge is 0.163 e. The zero-order valence-electron chi connectivity index (χ0n) is 8.88. The average molecular weight is 208 g/mol. The van der Waals surface area contributed by atoms with Crippen molar-refractivity contribution in [2.75, 3.05) is 32.5 Å². The van der Waals surface area contributed by atoms with Crippen LogP contribution in [0.1, 0.15) is 5.56 Å². The van der Waals surface area contributed by atoms with Gasteiger partial charge >= 0.3 is 0 Å². The largest absolute Gasteiger partial charge is 0.486 e. The number of nitrogens with two attached hydrogens (primary N) is 1. The minimum atomic E-state index is 0.600. The lowest BCUT2D eigenvalue weighted by Crippen LogP contribution is -2.17. The van der Waals surface area contributed by atoms with Crippen LogP contribution in [0.3, 0.4) is 0 Å². The number of nitrogens with one attached hydrogen (secondary N) is 1. The molecule has 0 bridgehead atoms. The molecule has 1 heterocycles. The van der Waals surface area contributed by atoms with Crippen LogP contribution < -0.4 is 20.5 Å². The van der Waals surface area contributed by atoms with Crippen molar-refractivity contribution in [2.45, 2.75) is 6.42 Å². The molecule has 1 aromatic carbocycles. The predicted octanol–water partition coefficient (Wildman–Crippen LogP) is 0.802. The first kappa shape index (κ1) is 10.1. The van der Waals surface area contributed by atoms with Crippen molar-refractivity contribution in [3.05, 3.63) is 17.7 Å². The third-order valence-corrected chi connectivity index (χ3v) is 2.45. The molecule has 0 fully saturated rings. The number of anilines is 1. The van der Waals surface area contributed by atoms with E-state index in [1.54, 1.807) is 0 Å². The van der Waals surface area contributed by atoms with E-state index in [1.807, 2.05) is 19.2 Å². The molecule has 4 nitrogen and oxygen atoms in total. The number of rotatable bonds is 3. The zero-order chi connectivity index (χ0) is 10.7. The summed E-state index contributed by atoms with van der Waals surface area (Å²) in [6.45, 7) is 2.12. The number of likely N-dealkylation sites (N-methyl/N-ethyl adjacent to an activating group) is 1. The maximum atomic E-state index is 5.92. The molecule has 0 unspecified atom stereocenters. The van der Waals surface area contributed by atoms with Gasteiger partial charge in [-0.1, -0.05) is 0 Å². The molecule has 1 aliphatic heterocycles. The highest BCUT2D eigenvalue weighted by Crippen LogP contribution is 2.34. The summed E-state index contributed by atoms with van der Waals surface area (Å²) in [5, 5.41) is 3.10. The zero-order valence-corrected chi connectivity index (χ0v) is 8.88. The second-order valence-corrected chi connectivity index (χ2v) is 3.55. The molecule has 4 heteroatoms. The van der Waals surface area contributed by atoms with Gasteiger partial charge in [0, 0.05) is 11.8 Å². The van der Waals surface area contributed by atoms with E-state index in [9.17, 15) is 0 Å². The highest BCUT2D eigenvalue weighted by molar-refractivity contribution is 5.58. The average Bonchev–Trinajstić information content (AvgIpc) is 2.26. The van der Waals surface area contributed by atoms with Crippen molar-refractivity contribution in [3.63, 3.8) is 0 Å². The Balaban J connectivity index is 2.24. The maximum absolute atomic E-state index is 5.92. The Kier molecular flexibility index (Phi) is 2.97. The van der Waals surface area contributed by atoms with Gasteiger partial charge in [-0.2, -0.15) is 0 Å². The second-order valence-electron chi connectivity index (χ2n) is 3.55. The van der Waals surface area contributed by atoms with Crippen molar-refractivity contribution in [1.82, 2.24) is 5.32 Å². The van der Waals surface area contributed by atoms with E-state index in [1.165, 1.54) is 0 Å². The van der Waals surface area contributed by atoms with Crippen molar-refractivity contribution in [2.24, 2.45) is 0 Å². The number of ether oxygens (including phenoxy) is 2. The number of hydrogen-bond acceptors (Lipinski definition) is 4. The number of fused-ring (bicyclic) bond motifs is 1. The Morgan fingerprint density at radius 3 is 2.60 bits per heavy atom. The molecule has 0 saturated carbocycles. The molecule has 0 radical (unpaired) electrons. The van der Waals surface area contributed by atoms with Gasteiger partial charge in [-0.15, -0.1) is 0 Å². The molecule has 0 aromatic heterocycles. The highest BCUT2D eigenvalue weighted by Gasteiger charge is 2.14. The number of benzene rings is 1. The third kappa shape index (κ3) is 2.15. The van der Waals surface area contributed by atoms with Gasteiger partial charge in [0.2, 0.25) is 0 Å². The normalized spacial score (nSPS) is 13.9. The van der Waals surface area contributed by atoms with E-state index in [0.29, 0.717) is 13.2 Å². The van der Waals surface area contributed by atoms with Gasteiger partial charge < -0.3 is 20.5 Å². The molecular formula is C11H16N2O2. The Hall–Kier alpha value is -1.42. The molecule has 0 saturated heterocycles. The van der Waals surface area contributed by atoms with E-state index in [-0.39, 0.29) is 0 Å². The van der Waals surface area contributed by atoms with E-state index >= 15 is 0 Å². The molecule has 0 amide bonds. The molecule has 3 N–H and O–H groups in total. The monoisotopic (exact) mass is 208 g/mol. The summed E-state index contributed by atoms with van der Waals surface area (Å²) >= 11 is 0. The van der Waals surface area contributed by atoms with Crippen LogP contribution in [0.2, 0.25) is 0 Å². The van der Waals surface area contributed by atoms with E-state index in [2.05, 4.69) is 5.32 Å². The molecule has 0 atom stereocenters. The summed E-state index contributed by atoms with van der Waals surface area (Å²) in [5.41, 5.74) is 7.80. The van der Waals surface area contributed by atoms with E-state index in [0.717, 1.165) is 35.7 Å². The quantitative estimate of drug-likeness (QED) is 0.721. The first-order valence-corrected chi connectivity index (χ1v) is 5.14. The fourth-order valence-electron chi connectivity index (χ4n) is 1.62. The fraction of sp³-hybridized carbons (Fsp3) is 0.455. The van der Waals surface area contributed by atoms with Gasteiger partial charge in [0.15, 0.2) is 11.5 Å². The lowest BCUT2D eigenvalue weighted by molar-refractivity contribution is 0.171. The molecule has 0 aliphatic carbocycles. The lowest BCUT2D eigenvalue weighted by atomic mass is 10.1. The predicted molar refractivity (Wildman–Crippen MR) is 59.5 cm³/mol. The summed E-state index contributed by atoms with van der Waals surface area (Å²) in [5.74, 6) is 1.56. The van der Waals surface area contributed by atoms with Crippen LogP contribution in [-0.2, 0) is 6.42 Å². The first-order chi connectivity index (χ1) is 7.31. The van der Waals surface area contributed by atoms with Crippen LogP contribution in [-0.4, -0.2) is 26.8 Å². The second kappa shape index (κ2) is 4.40. The number of nitrogen functional groups attached to an aromatic ring is 1. The van der Waals surface area contributed by atoms with Crippen molar-refractivity contribution in [1.29, 1.82) is 0 Å².